The Morgan fingerprint density at radius 3 is 2.40 bits per heavy atom. The van der Waals surface area contributed by atoms with Crippen LogP contribution in [0, 0.1) is 13.3 Å². The Morgan fingerprint density at radius 1 is 1.40 bits per heavy atom. The van der Waals surface area contributed by atoms with Crippen molar-refractivity contribution in [1.82, 2.24) is 0 Å². The lowest BCUT2D eigenvalue weighted by Crippen LogP contribution is -2.19. The minimum atomic E-state index is -0.00231. The van der Waals surface area contributed by atoms with Crippen LogP contribution in [-0.4, -0.2) is 12.2 Å². The molecule has 2 radical (unpaired) electrons. The first kappa shape index (κ1) is 9.96. The molecule has 1 heteroatoms. The highest BCUT2D eigenvalue weighted by Crippen LogP contribution is 2.07. The maximum atomic E-state index is 5.45. The molecule has 0 saturated heterocycles. The molecule has 10 heavy (non-hydrogen) atoms. The highest BCUT2D eigenvalue weighted by molar-refractivity contribution is 4.67. The van der Waals surface area contributed by atoms with Crippen LogP contribution in [0.4, 0.5) is 0 Å². The van der Waals surface area contributed by atoms with Gasteiger partial charge in [-0.05, 0) is 33.6 Å². The van der Waals surface area contributed by atoms with Crippen LogP contribution in [0.1, 0.15) is 33.6 Å². The molecule has 0 heterocycles. The third-order valence-electron chi connectivity index (χ3n) is 1.04. The van der Waals surface area contributed by atoms with E-state index in [4.69, 9.17) is 4.74 Å². The van der Waals surface area contributed by atoms with Crippen molar-refractivity contribution >= 4 is 0 Å². The van der Waals surface area contributed by atoms with Crippen molar-refractivity contribution in [2.45, 2.75) is 39.2 Å². The maximum absolute atomic E-state index is 5.45. The zero-order valence-corrected chi connectivity index (χ0v) is 7.31. The van der Waals surface area contributed by atoms with E-state index in [2.05, 4.69) is 34.1 Å². The van der Waals surface area contributed by atoms with E-state index in [1.165, 1.54) is 0 Å². The lowest BCUT2D eigenvalue weighted by atomic mass is 10.2. The summed E-state index contributed by atoms with van der Waals surface area (Å²) in [7, 11) is 0. The molecule has 0 aromatic rings. The molecular weight excluding hydrogens is 124 g/mol. The van der Waals surface area contributed by atoms with E-state index < -0.39 is 0 Å². The molecule has 1 nitrogen and oxygen atoms in total. The first-order valence-corrected chi connectivity index (χ1v) is 3.81. The fraction of sp³-hybridized carbons (Fsp3) is 0.778. The molecule has 0 aliphatic carbocycles. The topological polar surface area (TPSA) is 9.23 Å². The van der Waals surface area contributed by atoms with Gasteiger partial charge in [0.15, 0.2) is 0 Å². The van der Waals surface area contributed by atoms with Crippen LogP contribution in [0.5, 0.6) is 0 Å². The van der Waals surface area contributed by atoms with Gasteiger partial charge in [-0.25, -0.2) is 0 Å². The lowest BCUT2D eigenvalue weighted by Gasteiger charge is -2.18. The van der Waals surface area contributed by atoms with Crippen LogP contribution < -0.4 is 0 Å². The number of unbranched alkanes of at least 4 members (excludes halogenated alkanes) is 2. The Hall–Kier alpha value is -0.0400. The zero-order chi connectivity index (χ0) is 8.04. The maximum Gasteiger partial charge on any atom is 0.0598 e. The first-order valence-electron chi connectivity index (χ1n) is 3.81. The fourth-order valence-electron chi connectivity index (χ4n) is 0.537. The Morgan fingerprint density at radius 2 is 2.00 bits per heavy atom. The summed E-state index contributed by atoms with van der Waals surface area (Å²) in [6, 6.07) is 0. The molecule has 0 spiro atoms. The van der Waals surface area contributed by atoms with Gasteiger partial charge in [0.1, 0.15) is 0 Å². The van der Waals surface area contributed by atoms with Gasteiger partial charge in [0.25, 0.3) is 0 Å². The van der Waals surface area contributed by atoms with Gasteiger partial charge in [0, 0.05) is 0 Å². The Balaban J connectivity index is 3.04. The monoisotopic (exact) mass is 142 g/mol. The van der Waals surface area contributed by atoms with E-state index >= 15 is 0 Å². The molecular formula is C9H18O. The third kappa shape index (κ3) is 7.96. The standard InChI is InChI=1S/C9H18O/c1-5-6-7-8-10-9(2,3)4/h7H,1,5-6,8H2,2-4H3. The van der Waals surface area contributed by atoms with Gasteiger partial charge in [0.05, 0.1) is 12.2 Å². The van der Waals surface area contributed by atoms with Crippen molar-refractivity contribution in [3.63, 3.8) is 0 Å². The molecule has 0 aliphatic heterocycles. The molecule has 60 valence electrons. The average Bonchev–Trinajstić information content (AvgIpc) is 1.78. The van der Waals surface area contributed by atoms with E-state index in [0.29, 0.717) is 0 Å². The van der Waals surface area contributed by atoms with E-state index in [1.807, 2.05) is 0 Å². The second-order valence-electron chi connectivity index (χ2n) is 3.35. The van der Waals surface area contributed by atoms with E-state index in [1.54, 1.807) is 0 Å². The smallest absolute Gasteiger partial charge is 0.0598 e. The molecule has 0 N–H and O–H groups in total. The molecule has 0 rings (SSSR count). The van der Waals surface area contributed by atoms with Crippen molar-refractivity contribution in [2.24, 2.45) is 0 Å². The number of ether oxygens (including phenoxy) is 1. The highest BCUT2D eigenvalue weighted by Gasteiger charge is 2.08. The summed E-state index contributed by atoms with van der Waals surface area (Å²) in [4.78, 5) is 0. The SMILES string of the molecule is [CH2]CC[CH]COC(C)(C)C. The van der Waals surface area contributed by atoms with Crippen molar-refractivity contribution in [2.75, 3.05) is 6.61 Å². The number of rotatable bonds is 4. The summed E-state index contributed by atoms with van der Waals surface area (Å²) in [5.74, 6) is 0. The Kier molecular flexibility index (Phi) is 4.71. The summed E-state index contributed by atoms with van der Waals surface area (Å²) in [5, 5.41) is 0. The average molecular weight is 142 g/mol. The van der Waals surface area contributed by atoms with Crippen LogP contribution in [-0.2, 0) is 4.74 Å². The molecule has 0 saturated carbocycles. The van der Waals surface area contributed by atoms with Crippen LogP contribution in [0.2, 0.25) is 0 Å². The fourth-order valence-corrected chi connectivity index (χ4v) is 0.537. The van der Waals surface area contributed by atoms with E-state index in [9.17, 15) is 0 Å². The summed E-state index contributed by atoms with van der Waals surface area (Å²) < 4.78 is 5.45. The largest absolute Gasteiger partial charge is 0.376 e. The second kappa shape index (κ2) is 4.73. The van der Waals surface area contributed by atoms with Gasteiger partial charge in [-0.1, -0.05) is 13.3 Å². The van der Waals surface area contributed by atoms with Gasteiger partial charge >= 0.3 is 0 Å². The van der Waals surface area contributed by atoms with Crippen molar-refractivity contribution < 1.29 is 4.74 Å². The number of hydrogen-bond acceptors (Lipinski definition) is 1. The van der Waals surface area contributed by atoms with Gasteiger partial charge in [-0.15, -0.1) is 0 Å². The first-order chi connectivity index (χ1) is 4.56. The summed E-state index contributed by atoms with van der Waals surface area (Å²) in [5.41, 5.74) is -0.00231. The third-order valence-corrected chi connectivity index (χ3v) is 1.04. The number of hydrogen-bond donors (Lipinski definition) is 0. The predicted molar refractivity (Wildman–Crippen MR) is 44.6 cm³/mol. The summed E-state index contributed by atoms with van der Waals surface area (Å²) in [6.45, 7) is 10.7. The molecule has 0 aromatic heterocycles. The quantitative estimate of drug-likeness (QED) is 0.548. The van der Waals surface area contributed by atoms with Crippen molar-refractivity contribution in [3.05, 3.63) is 13.3 Å². The van der Waals surface area contributed by atoms with Gasteiger partial charge < -0.3 is 4.74 Å². The Labute approximate surface area is 64.8 Å². The second-order valence-corrected chi connectivity index (χ2v) is 3.35. The molecule has 0 atom stereocenters. The van der Waals surface area contributed by atoms with Gasteiger partial charge in [0.2, 0.25) is 0 Å². The molecule has 0 aromatic carbocycles. The van der Waals surface area contributed by atoms with Crippen molar-refractivity contribution in [3.8, 4) is 0 Å². The lowest BCUT2D eigenvalue weighted by molar-refractivity contribution is 0.00879. The predicted octanol–water partition coefficient (Wildman–Crippen LogP) is 2.62. The van der Waals surface area contributed by atoms with E-state index in [-0.39, 0.29) is 5.60 Å². The minimum Gasteiger partial charge on any atom is -0.376 e. The van der Waals surface area contributed by atoms with Crippen LogP contribution >= 0.6 is 0 Å². The van der Waals surface area contributed by atoms with Crippen LogP contribution in [0.25, 0.3) is 0 Å². The summed E-state index contributed by atoms with van der Waals surface area (Å²) in [6.07, 6.45) is 4.14. The molecule has 0 unspecified atom stereocenters. The molecule has 0 fully saturated rings. The molecule has 0 bridgehead atoms. The minimum absolute atomic E-state index is 0.00231. The molecule has 0 amide bonds. The summed E-state index contributed by atoms with van der Waals surface area (Å²) >= 11 is 0. The zero-order valence-electron chi connectivity index (χ0n) is 7.31. The van der Waals surface area contributed by atoms with Gasteiger partial charge in [-0.3, -0.25) is 0 Å². The highest BCUT2D eigenvalue weighted by atomic mass is 16.5. The van der Waals surface area contributed by atoms with Crippen LogP contribution in [0.3, 0.4) is 0 Å². The van der Waals surface area contributed by atoms with Crippen molar-refractivity contribution in [1.29, 1.82) is 0 Å². The van der Waals surface area contributed by atoms with Gasteiger partial charge in [-0.2, -0.15) is 0 Å². The molecule has 0 aliphatic rings. The Bertz CT molecular complexity index is 71.3. The van der Waals surface area contributed by atoms with E-state index in [0.717, 1.165) is 19.4 Å². The van der Waals surface area contributed by atoms with Crippen LogP contribution in [0.15, 0.2) is 0 Å². The normalized spacial score (nSPS) is 12.0.